The highest BCUT2D eigenvalue weighted by molar-refractivity contribution is 5.73. The van der Waals surface area contributed by atoms with Gasteiger partial charge in [0.2, 0.25) is 11.8 Å². The summed E-state index contributed by atoms with van der Waals surface area (Å²) in [5.41, 5.74) is 0. The van der Waals surface area contributed by atoms with Crippen molar-refractivity contribution in [2.24, 2.45) is 0 Å². The molecule has 5 heterocycles. The van der Waals surface area contributed by atoms with Crippen LogP contribution in [0, 0.1) is 0 Å². The van der Waals surface area contributed by atoms with Crippen LogP contribution < -0.4 is 10.6 Å². The zero-order chi connectivity index (χ0) is 45.2. The zero-order valence-corrected chi connectivity index (χ0v) is 33.0. The van der Waals surface area contributed by atoms with E-state index < -0.39 is 192 Å². The van der Waals surface area contributed by atoms with Gasteiger partial charge in [-0.05, 0) is 6.92 Å². The fourth-order valence-corrected chi connectivity index (χ4v) is 7.76. The van der Waals surface area contributed by atoms with Crippen LogP contribution in [0.4, 0.5) is 0 Å². The van der Waals surface area contributed by atoms with E-state index in [1.165, 1.54) is 6.92 Å². The number of aliphatic hydroxyl groups excluding tert-OH is 14. The number of rotatable bonds is 14. The number of hydrogen-bond donors (Lipinski definition) is 16. The fourth-order valence-electron chi connectivity index (χ4n) is 7.76. The van der Waals surface area contributed by atoms with E-state index in [0.29, 0.717) is 0 Å². The first-order chi connectivity index (χ1) is 28.8. The van der Waals surface area contributed by atoms with Gasteiger partial charge in [0.05, 0.1) is 32.5 Å². The molecule has 61 heavy (non-hydrogen) atoms. The van der Waals surface area contributed by atoms with E-state index in [9.17, 15) is 81.1 Å². The second-order valence-electron chi connectivity index (χ2n) is 15.4. The number of carbonyl (C=O) groups excluding carboxylic acids is 2. The van der Waals surface area contributed by atoms with Crippen molar-refractivity contribution in [2.45, 2.75) is 174 Å². The molecule has 0 aromatic carbocycles. The van der Waals surface area contributed by atoms with Gasteiger partial charge in [-0.3, -0.25) is 9.59 Å². The molecule has 25 atom stereocenters. The maximum Gasteiger partial charge on any atom is 0.217 e. The lowest BCUT2D eigenvalue weighted by Crippen LogP contribution is -2.70. The molecule has 10 unspecified atom stereocenters. The number of nitrogens with one attached hydrogen (secondary N) is 2. The van der Waals surface area contributed by atoms with Crippen LogP contribution in [-0.2, 0) is 52.2 Å². The molecule has 5 aliphatic heterocycles. The number of carbonyl (C=O) groups is 2. The summed E-state index contributed by atoms with van der Waals surface area (Å²) < 4.78 is 51.4. The highest BCUT2D eigenvalue weighted by Gasteiger charge is 2.57. The molecule has 0 aliphatic carbocycles. The minimum atomic E-state index is -2.12. The lowest BCUT2D eigenvalue weighted by Gasteiger charge is -2.51. The molecule has 27 nitrogen and oxygen atoms in total. The Morgan fingerprint density at radius 3 is 1.46 bits per heavy atom. The SMILES string of the molecule is CC(=O)NC1[C@H](O)OC(CO)[C@H](O[C@@H]2OC(CO)[C@H](O)[C@H](O[C@@H]3OC(CO)[C@H](O)[C@H](O[C@@H]4OC(CO)[C@H](O)[C@H](O)C4O[C@@H]4OC(C)[C@H](O)[C@@H](O)C4O)C3NC(C)=O)C2O)[C@@H]1O. The molecule has 0 aromatic heterocycles. The fraction of sp³-hybridized carbons (Fsp3) is 0.941. The van der Waals surface area contributed by atoms with Crippen LogP contribution in [0.5, 0.6) is 0 Å². The average molecular weight is 895 g/mol. The topological polar surface area (TPSA) is 424 Å². The van der Waals surface area contributed by atoms with Crippen molar-refractivity contribution < 1.29 is 124 Å². The van der Waals surface area contributed by atoms with Crippen LogP contribution in [0.2, 0.25) is 0 Å². The summed E-state index contributed by atoms with van der Waals surface area (Å²) in [6.07, 6.45) is -41.4. The predicted molar refractivity (Wildman–Crippen MR) is 188 cm³/mol. The van der Waals surface area contributed by atoms with E-state index in [1.807, 2.05) is 0 Å². The first-order valence-corrected chi connectivity index (χ1v) is 19.5. The summed E-state index contributed by atoms with van der Waals surface area (Å²) in [6, 6.07) is -3.24. The van der Waals surface area contributed by atoms with Crippen molar-refractivity contribution in [1.29, 1.82) is 0 Å². The lowest BCUT2D eigenvalue weighted by molar-refractivity contribution is -0.389. The van der Waals surface area contributed by atoms with Crippen molar-refractivity contribution in [1.82, 2.24) is 10.6 Å². The minimum Gasteiger partial charge on any atom is -0.394 e. The molecule has 16 N–H and O–H groups in total. The molecule has 5 saturated heterocycles. The van der Waals surface area contributed by atoms with E-state index in [0.717, 1.165) is 13.8 Å². The van der Waals surface area contributed by atoms with Gasteiger partial charge in [-0.15, -0.1) is 0 Å². The van der Waals surface area contributed by atoms with E-state index in [2.05, 4.69) is 10.6 Å². The zero-order valence-electron chi connectivity index (χ0n) is 33.0. The van der Waals surface area contributed by atoms with Gasteiger partial charge in [0.15, 0.2) is 31.5 Å². The molecular weight excluding hydrogens is 836 g/mol. The predicted octanol–water partition coefficient (Wildman–Crippen LogP) is -10.6. The molecule has 0 saturated carbocycles. The van der Waals surface area contributed by atoms with Crippen molar-refractivity contribution in [3.63, 3.8) is 0 Å². The Labute approximate surface area is 346 Å². The van der Waals surface area contributed by atoms with Crippen molar-refractivity contribution in [2.75, 3.05) is 26.4 Å². The summed E-state index contributed by atoms with van der Waals surface area (Å²) in [5, 5.41) is 154. The number of hydrogen-bond acceptors (Lipinski definition) is 25. The molecule has 354 valence electrons. The summed E-state index contributed by atoms with van der Waals surface area (Å²) in [7, 11) is 0. The summed E-state index contributed by atoms with van der Waals surface area (Å²) in [6.45, 7) is -0.281. The molecule has 0 radical (unpaired) electrons. The standard InChI is InChI=1S/C34H58N2O25/c1-8-17(43)22(48)24(50)32(53-8)61-29-23(49)18(44)11(4-37)57-34(29)59-27-16(36-10(3)42)31(55-12(5-38)19(27)45)60-28-20(46)13(6-39)56-33(25(28)51)58-26-14(7-40)54-30(52)15(21(26)47)35-9(2)41/h8,11-34,37-40,43-52H,4-7H2,1-3H3,(H,35,41)(H,36,42)/t8?,11?,12?,13?,14?,15?,16?,17-,18-,19-,20-,21+,22+,23-,24?,25?,26-,27+,28-,29?,30+,31-,32-,33-,34-/m0/s1. The van der Waals surface area contributed by atoms with Gasteiger partial charge in [0.25, 0.3) is 0 Å². The molecule has 5 fully saturated rings. The molecule has 5 aliphatic rings. The Balaban J connectivity index is 1.44. The Morgan fingerprint density at radius 2 is 0.885 bits per heavy atom. The smallest absolute Gasteiger partial charge is 0.217 e. The monoisotopic (exact) mass is 894 g/mol. The van der Waals surface area contributed by atoms with Crippen LogP contribution in [-0.4, -0.2) is 263 Å². The minimum absolute atomic E-state index is 0.694. The van der Waals surface area contributed by atoms with Gasteiger partial charge in [-0.2, -0.15) is 0 Å². The van der Waals surface area contributed by atoms with Gasteiger partial charge in [-0.1, -0.05) is 0 Å². The maximum absolute atomic E-state index is 12.7. The summed E-state index contributed by atoms with van der Waals surface area (Å²) >= 11 is 0. The molecular formula is C34H58N2O25. The van der Waals surface area contributed by atoms with Crippen LogP contribution in [0.3, 0.4) is 0 Å². The number of aliphatic hydroxyl groups is 14. The van der Waals surface area contributed by atoms with E-state index >= 15 is 0 Å². The third-order valence-corrected chi connectivity index (χ3v) is 11.1. The molecule has 0 spiro atoms. The Kier molecular flexibility index (Phi) is 17.5. The largest absolute Gasteiger partial charge is 0.394 e. The molecule has 5 rings (SSSR count). The number of ether oxygens (including phenoxy) is 9. The first kappa shape index (κ1) is 50.0. The maximum atomic E-state index is 12.7. The second-order valence-corrected chi connectivity index (χ2v) is 15.4. The Bertz CT molecular complexity index is 1420. The quantitative estimate of drug-likeness (QED) is 0.0770. The lowest BCUT2D eigenvalue weighted by atomic mass is 9.94. The summed E-state index contributed by atoms with van der Waals surface area (Å²) in [5.74, 6) is -1.52. The van der Waals surface area contributed by atoms with Gasteiger partial charge in [0.1, 0.15) is 116 Å². The Morgan fingerprint density at radius 1 is 0.426 bits per heavy atom. The highest BCUT2D eigenvalue weighted by atomic mass is 16.8. The van der Waals surface area contributed by atoms with Crippen molar-refractivity contribution >= 4 is 11.8 Å². The third-order valence-electron chi connectivity index (χ3n) is 11.1. The highest BCUT2D eigenvalue weighted by Crippen LogP contribution is 2.36. The second kappa shape index (κ2) is 21.3. The van der Waals surface area contributed by atoms with Crippen LogP contribution in [0.1, 0.15) is 20.8 Å². The molecule has 0 aromatic rings. The number of amides is 2. The van der Waals surface area contributed by atoms with Crippen LogP contribution >= 0.6 is 0 Å². The van der Waals surface area contributed by atoms with Gasteiger partial charge in [0, 0.05) is 13.8 Å². The van der Waals surface area contributed by atoms with E-state index in [4.69, 9.17) is 42.6 Å². The van der Waals surface area contributed by atoms with Crippen molar-refractivity contribution in [3.8, 4) is 0 Å². The van der Waals surface area contributed by atoms with Gasteiger partial charge < -0.3 is 125 Å². The van der Waals surface area contributed by atoms with Crippen LogP contribution in [0.15, 0.2) is 0 Å². The summed E-state index contributed by atoms with van der Waals surface area (Å²) in [4.78, 5) is 24.4. The first-order valence-electron chi connectivity index (χ1n) is 19.5. The van der Waals surface area contributed by atoms with E-state index in [1.54, 1.807) is 0 Å². The van der Waals surface area contributed by atoms with Crippen LogP contribution in [0.25, 0.3) is 0 Å². The van der Waals surface area contributed by atoms with E-state index in [-0.39, 0.29) is 0 Å². The van der Waals surface area contributed by atoms with Crippen molar-refractivity contribution in [3.05, 3.63) is 0 Å². The van der Waals surface area contributed by atoms with Gasteiger partial charge in [-0.25, -0.2) is 0 Å². The third kappa shape index (κ3) is 10.8. The molecule has 0 bridgehead atoms. The Hall–Kier alpha value is -1.98. The van der Waals surface area contributed by atoms with Gasteiger partial charge >= 0.3 is 0 Å². The average Bonchev–Trinajstić information content (AvgIpc) is 3.21. The normalized spacial score (nSPS) is 49.6. The molecule has 2 amide bonds. The molecule has 27 heteroatoms.